The number of carbonyl (C=O) groups excluding carboxylic acids is 1. The van der Waals surface area contributed by atoms with E-state index in [0.717, 1.165) is 42.6 Å². The number of hydrogen-bond acceptors (Lipinski definition) is 2. The molecule has 4 aliphatic rings. The van der Waals surface area contributed by atoms with E-state index in [2.05, 4.69) is 21.7 Å². The van der Waals surface area contributed by atoms with Gasteiger partial charge in [0.1, 0.15) is 0 Å². The van der Waals surface area contributed by atoms with Crippen LogP contribution in [0.2, 0.25) is 0 Å². The van der Waals surface area contributed by atoms with Crippen LogP contribution in [0.15, 0.2) is 49.1 Å². The second-order valence-electron chi connectivity index (χ2n) is 8.62. The molecule has 4 aliphatic carbocycles. The minimum Gasteiger partial charge on any atom is -1.00 e. The maximum absolute atomic E-state index is 13.2. The second-order valence-corrected chi connectivity index (χ2v) is 8.62. The van der Waals surface area contributed by atoms with Crippen molar-refractivity contribution in [2.24, 2.45) is 23.2 Å². The summed E-state index contributed by atoms with van der Waals surface area (Å²) >= 11 is 0. The SMILES string of the molecule is O=C(C[n+]1ccc(-c2ccncc2)cc1)C12CC3CC(CC(C3)C1)C2.[Br-]. The molecule has 6 rings (SSSR count). The first-order valence-electron chi connectivity index (χ1n) is 9.63. The predicted molar refractivity (Wildman–Crippen MR) is 95.5 cm³/mol. The van der Waals surface area contributed by atoms with Crippen molar-refractivity contribution in [3.8, 4) is 11.1 Å². The lowest BCUT2D eigenvalue weighted by Crippen LogP contribution is -3.00. The zero-order chi connectivity index (χ0) is 16.9. The molecule has 0 aromatic carbocycles. The monoisotopic (exact) mass is 412 g/mol. The van der Waals surface area contributed by atoms with Crippen molar-refractivity contribution in [3.05, 3.63) is 49.1 Å². The van der Waals surface area contributed by atoms with Crippen molar-refractivity contribution in [2.75, 3.05) is 0 Å². The van der Waals surface area contributed by atoms with Gasteiger partial charge in [0.15, 0.2) is 12.4 Å². The van der Waals surface area contributed by atoms with E-state index in [4.69, 9.17) is 0 Å². The number of nitrogens with zero attached hydrogens (tertiary/aromatic N) is 2. The molecule has 2 aromatic heterocycles. The van der Waals surface area contributed by atoms with E-state index >= 15 is 0 Å². The molecule has 0 N–H and O–H groups in total. The number of halogens is 1. The number of Topliss-reactive ketones (excluding diaryl/α,β-unsaturated/α-hetero) is 1. The number of ketones is 1. The molecule has 4 heteroatoms. The number of carbonyl (C=O) groups is 1. The first kappa shape index (κ1) is 17.8. The van der Waals surface area contributed by atoms with E-state index in [1.165, 1.54) is 24.8 Å². The highest BCUT2D eigenvalue weighted by Crippen LogP contribution is 2.60. The lowest BCUT2D eigenvalue weighted by molar-refractivity contribution is -0.684. The molecule has 2 heterocycles. The summed E-state index contributed by atoms with van der Waals surface area (Å²) in [5.74, 6) is 2.96. The topological polar surface area (TPSA) is 33.8 Å². The Balaban J connectivity index is 0.00000168. The average Bonchev–Trinajstić information content (AvgIpc) is 2.62. The first-order chi connectivity index (χ1) is 12.2. The fourth-order valence-corrected chi connectivity index (χ4v) is 6.09. The van der Waals surface area contributed by atoms with Crippen LogP contribution in [0.3, 0.4) is 0 Å². The van der Waals surface area contributed by atoms with Crippen LogP contribution in [-0.2, 0) is 11.3 Å². The maximum atomic E-state index is 13.2. The highest BCUT2D eigenvalue weighted by Gasteiger charge is 2.54. The molecule has 4 bridgehead atoms. The minimum atomic E-state index is 0. The van der Waals surface area contributed by atoms with E-state index < -0.39 is 0 Å². The first-order valence-corrected chi connectivity index (χ1v) is 9.63. The quantitative estimate of drug-likeness (QED) is 0.696. The van der Waals surface area contributed by atoms with Gasteiger partial charge in [0.2, 0.25) is 12.3 Å². The normalized spacial score (nSPS) is 31.5. The Bertz CT molecular complexity index is 752. The molecule has 0 unspecified atom stereocenters. The average molecular weight is 413 g/mol. The molecule has 2 aromatic rings. The molecule has 0 spiro atoms. The van der Waals surface area contributed by atoms with Crippen LogP contribution in [0, 0.1) is 23.2 Å². The summed E-state index contributed by atoms with van der Waals surface area (Å²) in [5.41, 5.74) is 2.33. The summed E-state index contributed by atoms with van der Waals surface area (Å²) in [5, 5.41) is 0. The summed E-state index contributed by atoms with van der Waals surface area (Å²) in [4.78, 5) is 17.3. The Morgan fingerprint density at radius 1 is 0.923 bits per heavy atom. The van der Waals surface area contributed by atoms with Crippen LogP contribution in [0.1, 0.15) is 38.5 Å². The Labute approximate surface area is 165 Å². The largest absolute Gasteiger partial charge is 1.00 e. The summed E-state index contributed by atoms with van der Waals surface area (Å²) in [6.07, 6.45) is 15.4. The van der Waals surface area contributed by atoms with Gasteiger partial charge in [0, 0.05) is 29.9 Å². The van der Waals surface area contributed by atoms with Crippen molar-refractivity contribution in [2.45, 2.75) is 45.1 Å². The Morgan fingerprint density at radius 3 is 1.96 bits per heavy atom. The van der Waals surface area contributed by atoms with Gasteiger partial charge < -0.3 is 17.0 Å². The lowest BCUT2D eigenvalue weighted by atomic mass is 9.48. The van der Waals surface area contributed by atoms with Gasteiger partial charge in [-0.25, -0.2) is 0 Å². The van der Waals surface area contributed by atoms with Crippen LogP contribution in [0.4, 0.5) is 0 Å². The van der Waals surface area contributed by atoms with Gasteiger partial charge in [-0.15, -0.1) is 0 Å². The number of rotatable bonds is 4. The van der Waals surface area contributed by atoms with Gasteiger partial charge in [-0.2, -0.15) is 4.57 Å². The molecule has 4 fully saturated rings. The van der Waals surface area contributed by atoms with Gasteiger partial charge >= 0.3 is 0 Å². The van der Waals surface area contributed by atoms with Crippen molar-refractivity contribution in [1.29, 1.82) is 0 Å². The molecule has 0 atom stereocenters. The van der Waals surface area contributed by atoms with Crippen molar-refractivity contribution < 1.29 is 26.3 Å². The highest BCUT2D eigenvalue weighted by atomic mass is 79.9. The molecule has 3 nitrogen and oxygen atoms in total. The molecule has 0 amide bonds. The fourth-order valence-electron chi connectivity index (χ4n) is 6.09. The van der Waals surface area contributed by atoms with E-state index in [-0.39, 0.29) is 22.4 Å². The lowest BCUT2D eigenvalue weighted by Gasteiger charge is -2.55. The summed E-state index contributed by atoms with van der Waals surface area (Å²) in [6, 6.07) is 8.23. The van der Waals surface area contributed by atoms with Gasteiger partial charge in [-0.1, -0.05) is 0 Å². The van der Waals surface area contributed by atoms with Gasteiger partial charge in [0.25, 0.3) is 0 Å². The van der Waals surface area contributed by atoms with Crippen LogP contribution in [0.5, 0.6) is 0 Å². The fraction of sp³-hybridized carbons (Fsp3) is 0.500. The Morgan fingerprint density at radius 2 is 1.42 bits per heavy atom. The van der Waals surface area contributed by atoms with E-state index in [0.29, 0.717) is 12.3 Å². The number of pyridine rings is 2. The standard InChI is InChI=1S/C22H25N2O.BrH/c25-21(22-12-16-9-17(13-22)11-18(10-16)14-22)15-24-7-3-20(4-8-24)19-1-5-23-6-2-19;/h1-8,16-18H,9-15H2;1H/q+1;/p-1. The van der Waals surface area contributed by atoms with E-state index in [1.54, 1.807) is 0 Å². The van der Waals surface area contributed by atoms with Crippen LogP contribution in [-0.4, -0.2) is 10.8 Å². The second kappa shape index (κ2) is 6.88. The maximum Gasteiger partial charge on any atom is 0.207 e. The summed E-state index contributed by atoms with van der Waals surface area (Å²) in [7, 11) is 0. The van der Waals surface area contributed by atoms with Gasteiger partial charge in [-0.05, 0) is 79.5 Å². The third-order valence-corrected chi connectivity index (χ3v) is 6.86. The summed E-state index contributed by atoms with van der Waals surface area (Å²) in [6.45, 7) is 0.531. The third-order valence-electron chi connectivity index (χ3n) is 6.86. The van der Waals surface area contributed by atoms with Crippen LogP contribution >= 0.6 is 0 Å². The Kier molecular flexibility index (Phi) is 4.72. The van der Waals surface area contributed by atoms with Crippen molar-refractivity contribution in [3.63, 3.8) is 0 Å². The molecule has 4 saturated carbocycles. The Hall–Kier alpha value is -1.55. The molecular formula is C22H25BrN2O. The number of hydrogen-bond donors (Lipinski definition) is 0. The van der Waals surface area contributed by atoms with Crippen LogP contribution < -0.4 is 21.5 Å². The third kappa shape index (κ3) is 3.13. The number of aromatic nitrogens is 2. The zero-order valence-corrected chi connectivity index (χ0v) is 16.6. The molecule has 26 heavy (non-hydrogen) atoms. The molecular weight excluding hydrogens is 388 g/mol. The van der Waals surface area contributed by atoms with Gasteiger partial charge in [0.05, 0.1) is 0 Å². The minimum absolute atomic E-state index is 0. The predicted octanol–water partition coefficient (Wildman–Crippen LogP) is 0.826. The molecule has 136 valence electrons. The molecule has 0 radical (unpaired) electrons. The molecule has 0 aliphatic heterocycles. The van der Waals surface area contributed by atoms with Crippen LogP contribution in [0.25, 0.3) is 11.1 Å². The van der Waals surface area contributed by atoms with Gasteiger partial charge in [-0.3, -0.25) is 9.78 Å². The molecule has 0 saturated heterocycles. The summed E-state index contributed by atoms with van der Waals surface area (Å²) < 4.78 is 2.06. The van der Waals surface area contributed by atoms with E-state index in [1.807, 2.05) is 36.9 Å². The van der Waals surface area contributed by atoms with Crippen molar-refractivity contribution in [1.82, 2.24) is 4.98 Å². The van der Waals surface area contributed by atoms with Crippen molar-refractivity contribution >= 4 is 5.78 Å². The zero-order valence-electron chi connectivity index (χ0n) is 15.0. The highest BCUT2D eigenvalue weighted by molar-refractivity contribution is 5.84. The smallest absolute Gasteiger partial charge is 0.207 e. The van der Waals surface area contributed by atoms with E-state index in [9.17, 15) is 4.79 Å².